The third-order valence-corrected chi connectivity index (χ3v) is 3.62. The van der Waals surface area contributed by atoms with Gasteiger partial charge in [0.05, 0.1) is 4.90 Å². The molecule has 3 nitrogen and oxygen atoms in total. The van der Waals surface area contributed by atoms with Crippen molar-refractivity contribution in [2.75, 3.05) is 0 Å². The van der Waals surface area contributed by atoms with Crippen LogP contribution in [0.3, 0.4) is 0 Å². The number of rotatable bonds is 5. The summed E-state index contributed by atoms with van der Waals surface area (Å²) in [6.07, 6.45) is 5.85. The average molecular weight is 252 g/mol. The maximum Gasteiger partial charge on any atom is 0.298 e. The summed E-state index contributed by atoms with van der Waals surface area (Å²) in [5.74, 6) is 2.34. The molecular formula is C13H16O3S. The summed E-state index contributed by atoms with van der Waals surface area (Å²) < 4.78 is 28.7. The fourth-order valence-corrected chi connectivity index (χ4v) is 2.37. The molecule has 1 unspecified atom stereocenters. The molecule has 1 atom stereocenters. The number of hydrogen-bond donors (Lipinski definition) is 0. The summed E-state index contributed by atoms with van der Waals surface area (Å²) in [6.45, 7) is 3.81. The van der Waals surface area contributed by atoms with Crippen LogP contribution >= 0.6 is 0 Å². The van der Waals surface area contributed by atoms with E-state index in [1.165, 1.54) is 12.1 Å². The van der Waals surface area contributed by atoms with E-state index in [2.05, 4.69) is 5.92 Å². The van der Waals surface area contributed by atoms with Crippen LogP contribution in [0, 0.1) is 19.3 Å². The molecule has 1 aromatic carbocycles. The summed E-state index contributed by atoms with van der Waals surface area (Å²) in [4.78, 5) is 0.138. The molecule has 0 heterocycles. The molecule has 0 aliphatic rings. The Balaban J connectivity index is 2.89. The molecule has 0 spiro atoms. The highest BCUT2D eigenvalue weighted by Crippen LogP contribution is 2.16. The van der Waals surface area contributed by atoms with Crippen molar-refractivity contribution in [3.05, 3.63) is 29.8 Å². The Kier molecular flexibility index (Phi) is 4.73. The van der Waals surface area contributed by atoms with Crippen LogP contribution in [0.4, 0.5) is 0 Å². The quantitative estimate of drug-likeness (QED) is 0.597. The van der Waals surface area contributed by atoms with Crippen molar-refractivity contribution < 1.29 is 12.6 Å². The SMILES string of the molecule is C#CC(CCC)OS(=O)(=O)c1ccc(C)cc1. The first-order valence-electron chi connectivity index (χ1n) is 5.45. The predicted octanol–water partition coefficient (Wildman–Crippen LogP) is 2.50. The minimum atomic E-state index is -3.75. The molecule has 1 rings (SSSR count). The maximum atomic E-state index is 11.9. The lowest BCUT2D eigenvalue weighted by atomic mass is 10.2. The highest BCUT2D eigenvalue weighted by atomic mass is 32.2. The minimum Gasteiger partial charge on any atom is -0.250 e. The fraction of sp³-hybridized carbons (Fsp3) is 0.385. The Morgan fingerprint density at radius 1 is 1.35 bits per heavy atom. The van der Waals surface area contributed by atoms with E-state index in [9.17, 15) is 8.42 Å². The van der Waals surface area contributed by atoms with Crippen LogP contribution in [0.15, 0.2) is 29.2 Å². The number of terminal acetylenes is 1. The highest BCUT2D eigenvalue weighted by Gasteiger charge is 2.19. The lowest BCUT2D eigenvalue weighted by Crippen LogP contribution is -2.16. The second-order valence-corrected chi connectivity index (χ2v) is 5.38. The highest BCUT2D eigenvalue weighted by molar-refractivity contribution is 7.86. The van der Waals surface area contributed by atoms with Gasteiger partial charge in [-0.15, -0.1) is 6.42 Å². The van der Waals surface area contributed by atoms with E-state index in [0.717, 1.165) is 12.0 Å². The molecule has 0 bridgehead atoms. The van der Waals surface area contributed by atoms with E-state index >= 15 is 0 Å². The topological polar surface area (TPSA) is 43.4 Å². The number of benzene rings is 1. The van der Waals surface area contributed by atoms with Gasteiger partial charge in [0, 0.05) is 0 Å². The lowest BCUT2D eigenvalue weighted by Gasteiger charge is -2.11. The molecule has 0 aliphatic carbocycles. The minimum absolute atomic E-state index is 0.138. The van der Waals surface area contributed by atoms with Crippen LogP contribution in [0.2, 0.25) is 0 Å². The van der Waals surface area contributed by atoms with Crippen molar-refractivity contribution in [1.29, 1.82) is 0 Å². The zero-order valence-corrected chi connectivity index (χ0v) is 10.8. The first-order valence-corrected chi connectivity index (χ1v) is 6.86. The molecular weight excluding hydrogens is 236 g/mol. The van der Waals surface area contributed by atoms with E-state index in [0.29, 0.717) is 6.42 Å². The van der Waals surface area contributed by atoms with Crippen molar-refractivity contribution in [3.8, 4) is 12.3 Å². The van der Waals surface area contributed by atoms with Crippen LogP contribution in [0.1, 0.15) is 25.3 Å². The van der Waals surface area contributed by atoms with Gasteiger partial charge in [0.2, 0.25) is 0 Å². The Bertz CT molecular complexity index is 494. The smallest absolute Gasteiger partial charge is 0.250 e. The van der Waals surface area contributed by atoms with E-state index in [1.54, 1.807) is 12.1 Å². The van der Waals surface area contributed by atoms with E-state index in [-0.39, 0.29) is 4.90 Å². The van der Waals surface area contributed by atoms with Gasteiger partial charge >= 0.3 is 0 Å². The maximum absolute atomic E-state index is 11.9. The van der Waals surface area contributed by atoms with Crippen molar-refractivity contribution in [1.82, 2.24) is 0 Å². The van der Waals surface area contributed by atoms with Gasteiger partial charge in [0.15, 0.2) is 0 Å². The molecule has 92 valence electrons. The van der Waals surface area contributed by atoms with Crippen molar-refractivity contribution in [2.24, 2.45) is 0 Å². The zero-order valence-electron chi connectivity index (χ0n) is 10.0. The zero-order chi connectivity index (χ0) is 12.9. The van der Waals surface area contributed by atoms with Gasteiger partial charge in [0.1, 0.15) is 6.10 Å². The van der Waals surface area contributed by atoms with Gasteiger partial charge in [-0.3, -0.25) is 0 Å². The first-order chi connectivity index (χ1) is 7.99. The molecule has 0 aliphatic heterocycles. The van der Waals surface area contributed by atoms with Crippen molar-refractivity contribution in [3.63, 3.8) is 0 Å². The predicted molar refractivity (Wildman–Crippen MR) is 67.0 cm³/mol. The summed E-state index contributed by atoms with van der Waals surface area (Å²) in [6, 6.07) is 6.48. The largest absolute Gasteiger partial charge is 0.298 e. The molecule has 0 saturated heterocycles. The third-order valence-electron chi connectivity index (χ3n) is 2.29. The third kappa shape index (κ3) is 3.88. The molecule has 0 radical (unpaired) electrons. The van der Waals surface area contributed by atoms with Crippen LogP contribution in [0.25, 0.3) is 0 Å². The van der Waals surface area contributed by atoms with Gasteiger partial charge in [-0.05, 0) is 25.5 Å². The molecule has 4 heteroatoms. The monoisotopic (exact) mass is 252 g/mol. The number of hydrogen-bond acceptors (Lipinski definition) is 3. The Morgan fingerprint density at radius 2 is 1.94 bits per heavy atom. The first kappa shape index (κ1) is 13.8. The van der Waals surface area contributed by atoms with Gasteiger partial charge < -0.3 is 0 Å². The van der Waals surface area contributed by atoms with Crippen molar-refractivity contribution in [2.45, 2.75) is 37.7 Å². The average Bonchev–Trinajstić information content (AvgIpc) is 2.28. The molecule has 0 amide bonds. The van der Waals surface area contributed by atoms with E-state index in [4.69, 9.17) is 10.6 Å². The van der Waals surface area contributed by atoms with Gasteiger partial charge in [-0.25, -0.2) is 4.18 Å². The molecule has 1 aromatic rings. The van der Waals surface area contributed by atoms with Gasteiger partial charge in [0.25, 0.3) is 10.1 Å². The standard InChI is InChI=1S/C13H16O3S/c1-4-6-12(5-2)16-17(14,15)13-9-7-11(3)8-10-13/h2,7-10,12H,4,6H2,1,3H3. The fourth-order valence-electron chi connectivity index (χ4n) is 1.33. The molecule has 0 saturated carbocycles. The van der Waals surface area contributed by atoms with Crippen LogP contribution in [0.5, 0.6) is 0 Å². The van der Waals surface area contributed by atoms with Crippen LogP contribution < -0.4 is 0 Å². The second kappa shape index (κ2) is 5.85. The number of aryl methyl sites for hydroxylation is 1. The molecule has 0 fully saturated rings. The Morgan fingerprint density at radius 3 is 2.41 bits per heavy atom. The normalized spacial score (nSPS) is 13.0. The molecule has 0 aromatic heterocycles. The summed E-state index contributed by atoms with van der Waals surface area (Å²) in [7, 11) is -3.75. The van der Waals surface area contributed by atoms with Crippen LogP contribution in [-0.4, -0.2) is 14.5 Å². The van der Waals surface area contributed by atoms with Gasteiger partial charge in [-0.1, -0.05) is 37.0 Å². The second-order valence-electron chi connectivity index (χ2n) is 3.81. The van der Waals surface area contributed by atoms with E-state index < -0.39 is 16.2 Å². The summed E-state index contributed by atoms with van der Waals surface area (Å²) >= 11 is 0. The lowest BCUT2D eigenvalue weighted by molar-refractivity contribution is 0.252. The van der Waals surface area contributed by atoms with Crippen LogP contribution in [-0.2, 0) is 14.3 Å². The Hall–Kier alpha value is -1.31. The van der Waals surface area contributed by atoms with E-state index in [1.807, 2.05) is 13.8 Å². The Labute approximate surface area is 103 Å². The molecule has 0 N–H and O–H groups in total. The summed E-state index contributed by atoms with van der Waals surface area (Å²) in [5.41, 5.74) is 0.992. The summed E-state index contributed by atoms with van der Waals surface area (Å²) in [5, 5.41) is 0. The molecule has 17 heavy (non-hydrogen) atoms. The van der Waals surface area contributed by atoms with Crippen molar-refractivity contribution >= 4 is 10.1 Å². The van der Waals surface area contributed by atoms with Gasteiger partial charge in [-0.2, -0.15) is 8.42 Å².